The van der Waals surface area contributed by atoms with Crippen LogP contribution < -0.4 is 0 Å². The molecule has 240 valence electrons. The highest BCUT2D eigenvalue weighted by Gasteiger charge is 2.61. The first-order valence-electron chi connectivity index (χ1n) is 8.76. The van der Waals surface area contributed by atoms with Crippen molar-refractivity contribution >= 4 is 54.8 Å². The van der Waals surface area contributed by atoms with Crippen LogP contribution in [0.3, 0.4) is 0 Å². The molecule has 0 aromatic heterocycles. The summed E-state index contributed by atoms with van der Waals surface area (Å²) in [6.45, 7) is 0. The molecule has 0 heterocycles. The van der Waals surface area contributed by atoms with Crippen molar-refractivity contribution < 1.29 is 127 Å². The average molecular weight is 740 g/mol. The smallest absolute Gasteiger partial charge is 0.387 e. The predicted octanol–water partition coefficient (Wildman–Crippen LogP) is -3.02. The lowest BCUT2D eigenvalue weighted by Crippen LogP contribution is -2.66. The Balaban J connectivity index is 3.95. The van der Waals surface area contributed by atoms with E-state index in [4.69, 9.17) is 39.1 Å². The molecule has 34 heteroatoms. The summed E-state index contributed by atoms with van der Waals surface area (Å²) in [5, 5.41) is 10.5. The van der Waals surface area contributed by atoms with Crippen molar-refractivity contribution in [1.82, 2.24) is 0 Å². The highest BCUT2D eigenvalue weighted by molar-refractivity contribution is 7.61. The van der Waals surface area contributed by atoms with Gasteiger partial charge in [-0.3, -0.25) is 22.6 Å². The van der Waals surface area contributed by atoms with Gasteiger partial charge in [0.15, 0.2) is 0 Å². The molecule has 40 heavy (non-hydrogen) atoms. The SMILES string of the molecule is O=P(O)(O)OC1[C@H](OP(=O)(O)OP(=O)(O)O)[C@H](OP(=O)(O)O)C(O)[C@H](OP(=O)(O)O)[C@H]1OP(=O)(O)OP(=O)(O)O. The van der Waals surface area contributed by atoms with Gasteiger partial charge in [-0.2, -0.15) is 8.62 Å². The lowest BCUT2D eigenvalue weighted by atomic mass is 9.85. The van der Waals surface area contributed by atoms with Gasteiger partial charge in [0.1, 0.15) is 36.6 Å². The van der Waals surface area contributed by atoms with Crippen molar-refractivity contribution in [3.05, 3.63) is 0 Å². The van der Waals surface area contributed by atoms with Gasteiger partial charge in [-0.15, -0.1) is 0 Å². The summed E-state index contributed by atoms with van der Waals surface area (Å²) in [5.74, 6) is 0. The van der Waals surface area contributed by atoms with Crippen LogP contribution in [-0.4, -0.2) is 100 Å². The molecular weight excluding hydrogens is 721 g/mol. The van der Waals surface area contributed by atoms with E-state index in [-0.39, 0.29) is 0 Å². The van der Waals surface area contributed by atoms with E-state index in [0.29, 0.717) is 0 Å². The van der Waals surface area contributed by atoms with Crippen LogP contribution in [0.25, 0.3) is 0 Å². The zero-order valence-electron chi connectivity index (χ0n) is 18.1. The molecule has 13 N–H and O–H groups in total. The van der Waals surface area contributed by atoms with Crippen molar-refractivity contribution in [2.75, 3.05) is 0 Å². The number of aliphatic hydroxyl groups excluding tert-OH is 1. The van der Waals surface area contributed by atoms with Crippen molar-refractivity contribution in [2.45, 2.75) is 36.6 Å². The maximum Gasteiger partial charge on any atom is 0.481 e. The summed E-state index contributed by atoms with van der Waals surface area (Å²) in [6.07, 6.45) is -19.5. The zero-order chi connectivity index (χ0) is 31.9. The molecule has 1 rings (SSSR count). The van der Waals surface area contributed by atoms with Gasteiger partial charge in [0.05, 0.1) is 0 Å². The molecule has 0 radical (unpaired) electrons. The monoisotopic (exact) mass is 740 g/mol. The molecule has 0 saturated heterocycles. The lowest BCUT2D eigenvalue weighted by Gasteiger charge is -2.47. The largest absolute Gasteiger partial charge is 0.481 e. The van der Waals surface area contributed by atoms with Gasteiger partial charge < -0.3 is 63.8 Å². The molecule has 4 unspecified atom stereocenters. The maximum absolute atomic E-state index is 12.1. The van der Waals surface area contributed by atoms with Gasteiger partial charge in [0.2, 0.25) is 0 Å². The standard InChI is InChI=1S/C6H19O27P7/c7-1-2(27-34(8,9)10)4(30-39(23,24)32-37(17,18)19)6(29-36(14,15)16)5(3(1)28-35(11,12)13)31-40(25,26)33-38(20,21)22/h1-7H,(H,23,24)(H,25,26)(H2,8,9,10)(H2,11,12,13)(H2,14,15,16)(H2,17,18,19)(H2,20,21,22)/t1?,2-,3+,4-,5-,6?/m1/s1. The van der Waals surface area contributed by atoms with E-state index in [1.54, 1.807) is 0 Å². The molecule has 0 spiro atoms. The Labute approximate surface area is 219 Å². The van der Waals surface area contributed by atoms with E-state index < -0.39 is 91.4 Å². The average Bonchev–Trinajstić information content (AvgIpc) is 2.57. The fraction of sp³-hybridized carbons (Fsp3) is 1.00. The second-order valence-electron chi connectivity index (χ2n) is 6.89. The Hall–Kier alpha value is 0.810. The second kappa shape index (κ2) is 13.0. The minimum absolute atomic E-state index is 3.17. The van der Waals surface area contributed by atoms with Crippen molar-refractivity contribution in [3.8, 4) is 0 Å². The summed E-state index contributed by atoms with van der Waals surface area (Å²) in [6, 6.07) is 0. The van der Waals surface area contributed by atoms with E-state index in [1.807, 2.05) is 0 Å². The Morgan fingerprint density at radius 1 is 0.350 bits per heavy atom. The molecule has 1 aliphatic carbocycles. The first-order chi connectivity index (χ1) is 17.3. The van der Waals surface area contributed by atoms with Crippen LogP contribution in [0.1, 0.15) is 0 Å². The van der Waals surface area contributed by atoms with Crippen LogP contribution >= 0.6 is 54.8 Å². The van der Waals surface area contributed by atoms with Crippen LogP contribution in [0, 0.1) is 0 Å². The minimum atomic E-state index is -6.36. The van der Waals surface area contributed by atoms with E-state index in [1.165, 1.54) is 0 Å². The van der Waals surface area contributed by atoms with E-state index in [2.05, 4.69) is 31.2 Å². The number of hydrogen-bond acceptors (Lipinski definition) is 15. The number of aliphatic hydroxyl groups is 1. The molecule has 0 amide bonds. The van der Waals surface area contributed by atoms with Gasteiger partial charge >= 0.3 is 54.8 Å². The number of rotatable bonds is 14. The summed E-state index contributed by atoms with van der Waals surface area (Å²) in [4.78, 5) is 109. The third-order valence-corrected chi connectivity index (χ3v) is 9.60. The zero-order valence-corrected chi connectivity index (χ0v) is 24.4. The fourth-order valence-electron chi connectivity index (χ4n) is 2.83. The topological polar surface area (TPSA) is 447 Å². The van der Waals surface area contributed by atoms with E-state index >= 15 is 0 Å². The summed E-state index contributed by atoms with van der Waals surface area (Å²) in [7, 11) is -43.1. The third-order valence-electron chi connectivity index (χ3n) is 3.67. The lowest BCUT2D eigenvalue weighted by molar-refractivity contribution is -0.205. The minimum Gasteiger partial charge on any atom is -0.387 e. The molecule has 0 aromatic rings. The Bertz CT molecular complexity index is 1140. The summed E-state index contributed by atoms with van der Waals surface area (Å²) >= 11 is 0. The molecule has 27 nitrogen and oxygen atoms in total. The van der Waals surface area contributed by atoms with Gasteiger partial charge in [-0.1, -0.05) is 0 Å². The van der Waals surface area contributed by atoms with E-state index in [0.717, 1.165) is 0 Å². The van der Waals surface area contributed by atoms with Crippen molar-refractivity contribution in [1.29, 1.82) is 0 Å². The Kier molecular flexibility index (Phi) is 12.7. The van der Waals surface area contributed by atoms with Crippen LogP contribution in [0.2, 0.25) is 0 Å². The summed E-state index contributed by atoms with van der Waals surface area (Å²) in [5.41, 5.74) is 0. The molecule has 1 aliphatic rings. The first-order valence-corrected chi connectivity index (χ1v) is 19.4. The molecule has 1 fully saturated rings. The van der Waals surface area contributed by atoms with Crippen LogP contribution in [0.5, 0.6) is 0 Å². The number of hydrogen-bond donors (Lipinski definition) is 13. The molecule has 0 aliphatic heterocycles. The van der Waals surface area contributed by atoms with Crippen LogP contribution in [-0.2, 0) is 63.2 Å². The third kappa shape index (κ3) is 14.5. The molecule has 0 aromatic carbocycles. The van der Waals surface area contributed by atoms with Crippen molar-refractivity contribution in [2.24, 2.45) is 0 Å². The number of phosphoric ester groups is 5. The van der Waals surface area contributed by atoms with E-state index in [9.17, 15) is 56.6 Å². The highest BCUT2D eigenvalue weighted by Crippen LogP contribution is 2.63. The fourth-order valence-corrected chi connectivity index (χ4v) is 8.07. The first kappa shape index (κ1) is 38.8. The normalized spacial score (nSPS) is 30.4. The van der Waals surface area contributed by atoms with Gasteiger partial charge in [0, 0.05) is 0 Å². The molecule has 8 atom stereocenters. The molecule has 0 bridgehead atoms. The molecular formula is C6H19O27P7. The van der Waals surface area contributed by atoms with Gasteiger partial charge in [-0.05, 0) is 0 Å². The Morgan fingerprint density at radius 3 is 0.800 bits per heavy atom. The van der Waals surface area contributed by atoms with Crippen molar-refractivity contribution in [3.63, 3.8) is 0 Å². The predicted molar refractivity (Wildman–Crippen MR) is 112 cm³/mol. The van der Waals surface area contributed by atoms with Crippen LogP contribution in [0.15, 0.2) is 0 Å². The highest BCUT2D eigenvalue weighted by atomic mass is 31.3. The van der Waals surface area contributed by atoms with Crippen LogP contribution in [0.4, 0.5) is 0 Å². The van der Waals surface area contributed by atoms with Gasteiger partial charge in [-0.25, -0.2) is 32.0 Å². The summed E-state index contributed by atoms with van der Waals surface area (Å²) < 4.78 is 108. The quantitative estimate of drug-likeness (QED) is 0.0788. The second-order valence-corrected chi connectivity index (χ2v) is 16.0. The number of phosphoric acid groups is 7. The molecule has 1 saturated carbocycles. The Morgan fingerprint density at radius 2 is 0.575 bits per heavy atom. The van der Waals surface area contributed by atoms with Gasteiger partial charge in [0.25, 0.3) is 0 Å². The maximum atomic E-state index is 12.1.